The molecule has 0 aliphatic heterocycles. The van der Waals surface area contributed by atoms with Gasteiger partial charge in [-0.15, -0.1) is 11.8 Å². The van der Waals surface area contributed by atoms with Crippen molar-refractivity contribution in [1.29, 1.82) is 0 Å². The molecule has 0 saturated carbocycles. The summed E-state index contributed by atoms with van der Waals surface area (Å²) in [5.41, 5.74) is 6.87. The molecule has 0 bridgehead atoms. The highest BCUT2D eigenvalue weighted by molar-refractivity contribution is 7.98. The van der Waals surface area contributed by atoms with Gasteiger partial charge in [0.05, 0.1) is 0 Å². The number of thioether (sulfide) groups is 1. The first-order valence-corrected chi connectivity index (χ1v) is 6.32. The average molecular weight is 230 g/mol. The summed E-state index contributed by atoms with van der Waals surface area (Å²) in [6, 6.07) is 6.06. The monoisotopic (exact) mass is 229 g/mol. The first-order chi connectivity index (χ1) is 6.69. The number of hydrogen-bond acceptors (Lipinski definition) is 2. The third-order valence-electron chi connectivity index (χ3n) is 2.32. The summed E-state index contributed by atoms with van der Waals surface area (Å²) < 4.78 is 0. The standard InChI is InChI=1S/C11H16ClNS/c1-8(5-6-13)10-7-9(12)3-4-11(10)14-2/h3-4,7-8H,5-6,13H2,1-2H3. The summed E-state index contributed by atoms with van der Waals surface area (Å²) in [6.07, 6.45) is 3.09. The molecule has 1 unspecified atom stereocenters. The SMILES string of the molecule is CSc1ccc(Cl)cc1C(C)CCN. The predicted molar refractivity (Wildman–Crippen MR) is 65.3 cm³/mol. The van der Waals surface area contributed by atoms with Gasteiger partial charge in [-0.25, -0.2) is 0 Å². The van der Waals surface area contributed by atoms with Gasteiger partial charge in [-0.1, -0.05) is 18.5 Å². The second-order valence-electron chi connectivity index (χ2n) is 3.36. The van der Waals surface area contributed by atoms with Crippen LogP contribution in [0.4, 0.5) is 0 Å². The molecule has 2 N–H and O–H groups in total. The third-order valence-corrected chi connectivity index (χ3v) is 3.37. The Morgan fingerprint density at radius 2 is 2.21 bits per heavy atom. The highest BCUT2D eigenvalue weighted by Gasteiger charge is 2.09. The van der Waals surface area contributed by atoms with Crippen molar-refractivity contribution in [3.63, 3.8) is 0 Å². The minimum Gasteiger partial charge on any atom is -0.330 e. The van der Waals surface area contributed by atoms with Gasteiger partial charge < -0.3 is 5.73 Å². The number of halogens is 1. The summed E-state index contributed by atoms with van der Waals surface area (Å²) >= 11 is 7.74. The Hall–Kier alpha value is -0.180. The molecule has 0 aliphatic carbocycles. The number of benzene rings is 1. The molecular formula is C11H16ClNS. The lowest BCUT2D eigenvalue weighted by atomic mass is 9.98. The van der Waals surface area contributed by atoms with Crippen molar-refractivity contribution < 1.29 is 0 Å². The smallest absolute Gasteiger partial charge is 0.0409 e. The molecule has 0 aliphatic rings. The van der Waals surface area contributed by atoms with E-state index >= 15 is 0 Å². The molecule has 1 rings (SSSR count). The summed E-state index contributed by atoms with van der Waals surface area (Å²) in [7, 11) is 0. The number of nitrogens with two attached hydrogens (primary N) is 1. The van der Waals surface area contributed by atoms with Crippen LogP contribution < -0.4 is 5.73 Å². The Labute approximate surface area is 95.0 Å². The maximum atomic E-state index is 5.98. The topological polar surface area (TPSA) is 26.0 Å². The second kappa shape index (κ2) is 5.64. The van der Waals surface area contributed by atoms with Gasteiger partial charge in [0.15, 0.2) is 0 Å². The summed E-state index contributed by atoms with van der Waals surface area (Å²) in [6.45, 7) is 2.92. The molecular weight excluding hydrogens is 214 g/mol. The van der Waals surface area contributed by atoms with Gasteiger partial charge in [-0.3, -0.25) is 0 Å². The fourth-order valence-corrected chi connectivity index (χ4v) is 2.38. The van der Waals surface area contributed by atoms with Gasteiger partial charge in [0.1, 0.15) is 0 Å². The van der Waals surface area contributed by atoms with Crippen molar-refractivity contribution in [2.75, 3.05) is 12.8 Å². The van der Waals surface area contributed by atoms with Crippen LogP contribution in [0.3, 0.4) is 0 Å². The van der Waals surface area contributed by atoms with Crippen LogP contribution in [-0.4, -0.2) is 12.8 Å². The number of rotatable bonds is 4. The first-order valence-electron chi connectivity index (χ1n) is 4.72. The molecule has 14 heavy (non-hydrogen) atoms. The first kappa shape index (κ1) is 11.9. The fraction of sp³-hybridized carbons (Fsp3) is 0.455. The molecule has 1 aromatic rings. The van der Waals surface area contributed by atoms with Gasteiger partial charge in [-0.05, 0) is 48.9 Å². The van der Waals surface area contributed by atoms with Crippen molar-refractivity contribution in [3.05, 3.63) is 28.8 Å². The highest BCUT2D eigenvalue weighted by atomic mass is 35.5. The second-order valence-corrected chi connectivity index (χ2v) is 4.65. The van der Waals surface area contributed by atoms with E-state index in [9.17, 15) is 0 Å². The van der Waals surface area contributed by atoms with E-state index in [1.807, 2.05) is 12.1 Å². The normalized spacial score (nSPS) is 12.9. The summed E-state index contributed by atoms with van der Waals surface area (Å²) in [5, 5.41) is 0.807. The van der Waals surface area contributed by atoms with Crippen molar-refractivity contribution in [2.24, 2.45) is 5.73 Å². The van der Waals surface area contributed by atoms with Gasteiger partial charge in [-0.2, -0.15) is 0 Å². The molecule has 0 radical (unpaired) electrons. The van der Waals surface area contributed by atoms with E-state index in [0.717, 1.165) is 18.0 Å². The van der Waals surface area contributed by atoms with Crippen LogP contribution in [-0.2, 0) is 0 Å². The average Bonchev–Trinajstić information content (AvgIpc) is 2.18. The zero-order valence-corrected chi connectivity index (χ0v) is 10.2. The van der Waals surface area contributed by atoms with E-state index in [0.29, 0.717) is 5.92 Å². The van der Waals surface area contributed by atoms with E-state index < -0.39 is 0 Å². The maximum absolute atomic E-state index is 5.98. The molecule has 0 fully saturated rings. The molecule has 0 amide bonds. The van der Waals surface area contributed by atoms with Gasteiger partial charge >= 0.3 is 0 Å². The minimum atomic E-state index is 0.487. The molecule has 3 heteroatoms. The van der Waals surface area contributed by atoms with E-state index in [1.165, 1.54) is 10.5 Å². The third kappa shape index (κ3) is 2.91. The van der Waals surface area contributed by atoms with Crippen LogP contribution in [0.1, 0.15) is 24.8 Å². The summed E-state index contributed by atoms with van der Waals surface area (Å²) in [4.78, 5) is 1.30. The molecule has 0 heterocycles. The quantitative estimate of drug-likeness (QED) is 0.800. The van der Waals surface area contributed by atoms with Crippen LogP contribution >= 0.6 is 23.4 Å². The predicted octanol–water partition coefficient (Wildman–Crippen LogP) is 3.51. The molecule has 78 valence electrons. The van der Waals surface area contributed by atoms with Gasteiger partial charge in [0.2, 0.25) is 0 Å². The number of hydrogen-bond donors (Lipinski definition) is 1. The Bertz CT molecular complexity index is 301. The van der Waals surface area contributed by atoms with Crippen molar-refractivity contribution >= 4 is 23.4 Å². The van der Waals surface area contributed by atoms with E-state index in [-0.39, 0.29) is 0 Å². The van der Waals surface area contributed by atoms with E-state index in [4.69, 9.17) is 17.3 Å². The van der Waals surface area contributed by atoms with Crippen LogP contribution in [0.15, 0.2) is 23.1 Å². The lowest BCUT2D eigenvalue weighted by Gasteiger charge is -2.14. The Kier molecular flexibility index (Phi) is 4.79. The Morgan fingerprint density at radius 3 is 2.79 bits per heavy atom. The zero-order valence-electron chi connectivity index (χ0n) is 8.59. The molecule has 0 spiro atoms. The van der Waals surface area contributed by atoms with Crippen LogP contribution in [0, 0.1) is 0 Å². The Morgan fingerprint density at radius 1 is 1.50 bits per heavy atom. The van der Waals surface area contributed by atoms with E-state index in [1.54, 1.807) is 11.8 Å². The fourth-order valence-electron chi connectivity index (χ4n) is 1.50. The van der Waals surface area contributed by atoms with E-state index in [2.05, 4.69) is 19.2 Å². The van der Waals surface area contributed by atoms with Crippen LogP contribution in [0.5, 0.6) is 0 Å². The molecule has 1 aromatic carbocycles. The Balaban J connectivity index is 2.97. The lowest BCUT2D eigenvalue weighted by Crippen LogP contribution is -2.05. The van der Waals surface area contributed by atoms with Crippen LogP contribution in [0.2, 0.25) is 5.02 Å². The maximum Gasteiger partial charge on any atom is 0.0409 e. The molecule has 0 saturated heterocycles. The zero-order chi connectivity index (χ0) is 10.6. The van der Waals surface area contributed by atoms with Gasteiger partial charge in [0, 0.05) is 9.92 Å². The van der Waals surface area contributed by atoms with Crippen LogP contribution in [0.25, 0.3) is 0 Å². The highest BCUT2D eigenvalue weighted by Crippen LogP contribution is 2.31. The largest absolute Gasteiger partial charge is 0.330 e. The molecule has 1 atom stereocenters. The molecule has 1 nitrogen and oxygen atoms in total. The summed E-state index contributed by atoms with van der Waals surface area (Å²) in [5.74, 6) is 0.487. The van der Waals surface area contributed by atoms with Crippen molar-refractivity contribution in [2.45, 2.75) is 24.2 Å². The van der Waals surface area contributed by atoms with Crippen molar-refractivity contribution in [3.8, 4) is 0 Å². The van der Waals surface area contributed by atoms with Crippen molar-refractivity contribution in [1.82, 2.24) is 0 Å². The van der Waals surface area contributed by atoms with Gasteiger partial charge in [0.25, 0.3) is 0 Å². The molecule has 0 aromatic heterocycles. The lowest BCUT2D eigenvalue weighted by molar-refractivity contribution is 0.679. The minimum absolute atomic E-state index is 0.487.